The molecule has 2 aromatic carbocycles. The van der Waals surface area contributed by atoms with E-state index >= 15 is 0 Å². The number of aromatic hydroxyl groups is 1. The first-order valence-electron chi connectivity index (χ1n) is 12.8. The van der Waals surface area contributed by atoms with Crippen LogP contribution in [-0.4, -0.2) is 39.3 Å². The molecule has 0 bridgehead atoms. The van der Waals surface area contributed by atoms with E-state index in [9.17, 15) is 23.5 Å². The number of aromatic nitrogens is 1. The van der Waals surface area contributed by atoms with E-state index in [-0.39, 0.29) is 56.1 Å². The number of halogens is 3. The fraction of sp³-hybridized carbons (Fsp3) is 0.345. The molecule has 1 fully saturated rings. The summed E-state index contributed by atoms with van der Waals surface area (Å²) in [5.41, 5.74) is 8.43. The Bertz CT molecular complexity index is 1290. The Morgan fingerprint density at radius 3 is 2.46 bits per heavy atom. The number of nitrogens with zero attached hydrogens (tertiary/aromatic N) is 2. The van der Waals surface area contributed by atoms with Crippen molar-refractivity contribution in [3.05, 3.63) is 88.7 Å². The van der Waals surface area contributed by atoms with Crippen molar-refractivity contribution in [2.45, 2.75) is 50.6 Å². The number of benzene rings is 2. The number of anilines is 1. The molecule has 10 heteroatoms. The topological polar surface area (TPSA) is 109 Å². The molecule has 206 valence electrons. The number of phenolic OH excluding ortho intramolecular Hbond substituents is 1. The van der Waals surface area contributed by atoms with Gasteiger partial charge in [-0.05, 0) is 60.2 Å². The van der Waals surface area contributed by atoms with E-state index in [1.807, 2.05) is 0 Å². The quantitative estimate of drug-likeness (QED) is 0.315. The first-order chi connectivity index (χ1) is 18.6. The van der Waals surface area contributed by atoms with Crippen LogP contribution in [0.25, 0.3) is 0 Å². The largest absolute Gasteiger partial charge is 0.508 e. The van der Waals surface area contributed by atoms with Crippen molar-refractivity contribution in [2.24, 2.45) is 5.92 Å². The number of hydrogen-bond acceptors (Lipinski definition) is 5. The second-order valence-electron chi connectivity index (χ2n) is 9.93. The van der Waals surface area contributed by atoms with Gasteiger partial charge >= 0.3 is 0 Å². The van der Waals surface area contributed by atoms with Gasteiger partial charge in [-0.3, -0.25) is 14.6 Å². The highest BCUT2D eigenvalue weighted by Crippen LogP contribution is 2.40. The molecule has 1 aliphatic rings. The maximum absolute atomic E-state index is 14.1. The van der Waals surface area contributed by atoms with Gasteiger partial charge in [-0.25, -0.2) is 8.78 Å². The van der Waals surface area contributed by atoms with Gasteiger partial charge in [0.1, 0.15) is 11.8 Å². The number of alkyl halides is 2. The van der Waals surface area contributed by atoms with Crippen molar-refractivity contribution >= 4 is 29.1 Å². The van der Waals surface area contributed by atoms with E-state index in [1.54, 1.807) is 42.5 Å². The molecule has 0 saturated heterocycles. The lowest BCUT2D eigenvalue weighted by Crippen LogP contribution is -2.46. The normalized spacial score (nSPS) is 16.9. The summed E-state index contributed by atoms with van der Waals surface area (Å²) in [4.78, 5) is 32.8. The lowest BCUT2D eigenvalue weighted by Gasteiger charge is -2.34. The zero-order valence-electron chi connectivity index (χ0n) is 21.3. The van der Waals surface area contributed by atoms with Crippen molar-refractivity contribution in [3.8, 4) is 5.75 Å². The average Bonchev–Trinajstić information content (AvgIpc) is 3.26. The first kappa shape index (κ1) is 28.3. The molecule has 2 unspecified atom stereocenters. The summed E-state index contributed by atoms with van der Waals surface area (Å²) in [7, 11) is 0. The number of carbonyl (C=O) groups excluding carboxylic acids is 2. The molecule has 39 heavy (non-hydrogen) atoms. The fourth-order valence-corrected chi connectivity index (χ4v) is 5.02. The van der Waals surface area contributed by atoms with Crippen molar-refractivity contribution in [2.75, 3.05) is 12.3 Å². The zero-order valence-corrected chi connectivity index (χ0v) is 22.1. The number of nitrogens with one attached hydrogen (secondary N) is 1. The van der Waals surface area contributed by atoms with Crippen LogP contribution < -0.4 is 11.1 Å². The van der Waals surface area contributed by atoms with Crippen LogP contribution >= 0.6 is 11.6 Å². The van der Waals surface area contributed by atoms with Crippen LogP contribution in [0.2, 0.25) is 5.02 Å². The summed E-state index contributed by atoms with van der Waals surface area (Å²) in [6.45, 7) is 0.166. The number of hydrogen-bond donors (Lipinski definition) is 3. The molecule has 1 aromatic heterocycles. The smallest absolute Gasteiger partial charge is 0.248 e. The van der Waals surface area contributed by atoms with Gasteiger partial charge in [-0.1, -0.05) is 35.9 Å². The monoisotopic (exact) mass is 556 g/mol. The van der Waals surface area contributed by atoms with Crippen molar-refractivity contribution < 1.29 is 23.5 Å². The summed E-state index contributed by atoms with van der Waals surface area (Å²) in [5.74, 6) is -3.99. The number of phenols is 1. The summed E-state index contributed by atoms with van der Waals surface area (Å²) in [6.07, 6.45) is 2.92. The third-order valence-electron chi connectivity index (χ3n) is 6.97. The van der Waals surface area contributed by atoms with E-state index in [0.717, 1.165) is 11.1 Å². The molecule has 4 N–H and O–H groups in total. The number of rotatable bonds is 10. The van der Waals surface area contributed by atoms with Crippen LogP contribution in [0.1, 0.15) is 48.4 Å². The minimum Gasteiger partial charge on any atom is -0.508 e. The molecular weight excluding hydrogens is 526 g/mol. The Kier molecular flexibility index (Phi) is 9.01. The fourth-order valence-electron chi connectivity index (χ4n) is 4.89. The van der Waals surface area contributed by atoms with E-state index < -0.39 is 23.8 Å². The van der Waals surface area contributed by atoms with Crippen LogP contribution in [0.4, 0.5) is 14.5 Å². The Morgan fingerprint density at radius 2 is 1.82 bits per heavy atom. The number of nitrogens with two attached hydrogens (primary N) is 1. The number of carbonyl (C=O) groups is 2. The molecule has 1 aliphatic carbocycles. The van der Waals surface area contributed by atoms with Crippen LogP contribution in [0.5, 0.6) is 5.75 Å². The maximum atomic E-state index is 14.1. The van der Waals surface area contributed by atoms with Gasteiger partial charge < -0.3 is 21.1 Å². The van der Waals surface area contributed by atoms with Crippen LogP contribution in [-0.2, 0) is 22.6 Å². The van der Waals surface area contributed by atoms with Gasteiger partial charge in [-0.15, -0.1) is 0 Å². The summed E-state index contributed by atoms with van der Waals surface area (Å²) in [6, 6.07) is 13.9. The number of aryl methyl sites for hydroxylation is 1. The third kappa shape index (κ3) is 7.66. The highest BCUT2D eigenvalue weighted by atomic mass is 35.5. The average molecular weight is 557 g/mol. The number of nitrogen functional groups attached to an aromatic ring is 1. The third-order valence-corrected chi connectivity index (χ3v) is 7.22. The lowest BCUT2D eigenvalue weighted by atomic mass is 9.99. The van der Waals surface area contributed by atoms with Gasteiger partial charge in [0, 0.05) is 49.1 Å². The summed E-state index contributed by atoms with van der Waals surface area (Å²) in [5, 5.41) is 13.0. The molecule has 0 radical (unpaired) electrons. The number of amides is 2. The van der Waals surface area contributed by atoms with Gasteiger partial charge in [0.25, 0.3) is 0 Å². The van der Waals surface area contributed by atoms with Gasteiger partial charge in [0.2, 0.25) is 17.7 Å². The van der Waals surface area contributed by atoms with E-state index in [1.165, 1.54) is 29.4 Å². The highest BCUT2D eigenvalue weighted by molar-refractivity contribution is 6.30. The highest BCUT2D eigenvalue weighted by Gasteiger charge is 2.42. The molecule has 4 rings (SSSR count). The van der Waals surface area contributed by atoms with Crippen molar-refractivity contribution in [3.63, 3.8) is 0 Å². The van der Waals surface area contributed by atoms with E-state index in [0.29, 0.717) is 17.0 Å². The van der Waals surface area contributed by atoms with Gasteiger partial charge in [0.15, 0.2) is 0 Å². The molecule has 7 nitrogen and oxygen atoms in total. The number of pyridine rings is 1. The summed E-state index contributed by atoms with van der Waals surface area (Å²) >= 11 is 5.96. The second kappa shape index (κ2) is 12.4. The van der Waals surface area contributed by atoms with E-state index in [2.05, 4.69) is 10.3 Å². The molecule has 1 heterocycles. The van der Waals surface area contributed by atoms with Crippen LogP contribution in [0.15, 0.2) is 67.0 Å². The summed E-state index contributed by atoms with van der Waals surface area (Å²) < 4.78 is 28.2. The van der Waals surface area contributed by atoms with Crippen LogP contribution in [0, 0.1) is 5.92 Å². The van der Waals surface area contributed by atoms with Gasteiger partial charge in [0.05, 0.1) is 11.9 Å². The molecule has 3 aromatic rings. The first-order valence-corrected chi connectivity index (χ1v) is 13.2. The predicted molar refractivity (Wildman–Crippen MR) is 145 cm³/mol. The Hall–Kier alpha value is -3.72. The zero-order chi connectivity index (χ0) is 28.0. The minimum absolute atomic E-state index is 0.00913. The SMILES string of the molecule is Nc1cnccc1C(C(=O)NCc1ccc(Cl)cc1)N(CC1CCC(F)(F)C1)C(=O)CCc1ccc(O)cc1. The molecular formula is C29H31ClF2N4O3. The minimum atomic E-state index is -2.80. The second-order valence-corrected chi connectivity index (χ2v) is 10.4. The lowest BCUT2D eigenvalue weighted by molar-refractivity contribution is -0.141. The molecule has 0 aliphatic heterocycles. The molecule has 0 spiro atoms. The standard InChI is InChI=1S/C29H31ClF2N4O3/c30-22-6-1-20(2-7-22)16-35-28(39)27(24-12-14-34-17-25(24)33)36(18-21-11-13-29(31,32)15-21)26(38)10-5-19-3-8-23(37)9-4-19/h1-4,6-9,12,14,17,21,27,37H,5,10-11,13,15-16,18,33H2,(H,35,39). The Balaban J connectivity index is 1.62. The van der Waals surface area contributed by atoms with Gasteiger partial charge in [-0.2, -0.15) is 0 Å². The van der Waals surface area contributed by atoms with Crippen molar-refractivity contribution in [1.29, 1.82) is 0 Å². The van der Waals surface area contributed by atoms with Crippen molar-refractivity contribution in [1.82, 2.24) is 15.2 Å². The predicted octanol–water partition coefficient (Wildman–Crippen LogP) is 5.28. The Morgan fingerprint density at radius 1 is 1.13 bits per heavy atom. The molecule has 1 saturated carbocycles. The molecule has 2 amide bonds. The molecule has 2 atom stereocenters. The Labute approximate surface area is 231 Å². The van der Waals surface area contributed by atoms with E-state index in [4.69, 9.17) is 17.3 Å². The van der Waals surface area contributed by atoms with Crippen LogP contribution in [0.3, 0.4) is 0 Å². The maximum Gasteiger partial charge on any atom is 0.248 e.